The topological polar surface area (TPSA) is 67.2 Å². The number of rotatable bonds is 9. The van der Waals surface area contributed by atoms with Crippen LogP contribution in [0.3, 0.4) is 0 Å². The summed E-state index contributed by atoms with van der Waals surface area (Å²) in [6.07, 6.45) is 0. The van der Waals surface area contributed by atoms with Crippen LogP contribution in [0.4, 0.5) is 0 Å². The van der Waals surface area contributed by atoms with Crippen LogP contribution in [-0.2, 0) is 4.79 Å². The third-order valence-corrected chi connectivity index (χ3v) is 5.62. The van der Waals surface area contributed by atoms with Crippen LogP contribution in [0.1, 0.15) is 47.2 Å². The van der Waals surface area contributed by atoms with E-state index in [2.05, 4.69) is 41.3 Å². The fraction of sp³-hybridized carbons (Fsp3) is 0.320. The minimum Gasteiger partial charge on any atom is -0.347 e. The summed E-state index contributed by atoms with van der Waals surface area (Å²) in [5, 5.41) is 7.35. The molecule has 0 aliphatic heterocycles. The molecule has 1 aromatic heterocycles. The summed E-state index contributed by atoms with van der Waals surface area (Å²) < 4.78 is 1.71. The van der Waals surface area contributed by atoms with Crippen molar-refractivity contribution in [2.45, 2.75) is 33.7 Å². The number of Topliss-reactive ketones (excluding diaryl/α,β-unsaturated/α-hetero) is 1. The summed E-state index contributed by atoms with van der Waals surface area (Å²) in [4.78, 5) is 28.1. The number of aryl methyl sites for hydroxylation is 1. The van der Waals surface area contributed by atoms with Gasteiger partial charge in [0.25, 0.3) is 11.7 Å². The number of carbonyl (C=O) groups is 2. The Morgan fingerprint density at radius 3 is 2.13 bits per heavy atom. The Bertz CT molecular complexity index is 1020. The Labute approximate surface area is 183 Å². The van der Waals surface area contributed by atoms with Gasteiger partial charge < -0.3 is 5.32 Å². The standard InChI is InChI=1S/C25H30N4O2/c1-5-28(6-2)22(20-13-9-7-10-14-20)17-26-25(31)24(30)23-18(3)27-29(19(23)4)21-15-11-8-12-16-21/h7-16,22H,5-6,17H2,1-4H3,(H,26,31). The van der Waals surface area contributed by atoms with Crippen molar-refractivity contribution >= 4 is 11.7 Å². The minimum atomic E-state index is -0.605. The van der Waals surface area contributed by atoms with E-state index in [4.69, 9.17) is 0 Å². The van der Waals surface area contributed by atoms with Gasteiger partial charge in [-0.25, -0.2) is 4.68 Å². The van der Waals surface area contributed by atoms with Gasteiger partial charge in [0.05, 0.1) is 28.7 Å². The van der Waals surface area contributed by atoms with Crippen LogP contribution < -0.4 is 5.32 Å². The van der Waals surface area contributed by atoms with Gasteiger partial charge >= 0.3 is 0 Å². The van der Waals surface area contributed by atoms with Crippen LogP contribution in [0.5, 0.6) is 0 Å². The van der Waals surface area contributed by atoms with Gasteiger partial charge in [-0.05, 0) is 44.6 Å². The number of hydrogen-bond acceptors (Lipinski definition) is 4. The van der Waals surface area contributed by atoms with Gasteiger partial charge in [0.2, 0.25) is 0 Å². The lowest BCUT2D eigenvalue weighted by Gasteiger charge is -2.30. The van der Waals surface area contributed by atoms with E-state index in [-0.39, 0.29) is 6.04 Å². The van der Waals surface area contributed by atoms with Crippen molar-refractivity contribution in [1.29, 1.82) is 0 Å². The fourth-order valence-corrected chi connectivity index (χ4v) is 3.97. The molecule has 162 valence electrons. The molecule has 1 amide bonds. The Balaban J connectivity index is 1.79. The molecule has 0 bridgehead atoms. The van der Waals surface area contributed by atoms with E-state index >= 15 is 0 Å². The normalized spacial score (nSPS) is 12.0. The van der Waals surface area contributed by atoms with Crippen molar-refractivity contribution in [2.75, 3.05) is 19.6 Å². The number of nitrogens with one attached hydrogen (secondary N) is 1. The molecule has 0 aliphatic rings. The fourth-order valence-electron chi connectivity index (χ4n) is 3.97. The van der Waals surface area contributed by atoms with E-state index in [1.165, 1.54) is 0 Å². The quantitative estimate of drug-likeness (QED) is 0.423. The second-order valence-corrected chi connectivity index (χ2v) is 7.48. The summed E-state index contributed by atoms with van der Waals surface area (Å²) in [7, 11) is 0. The smallest absolute Gasteiger partial charge is 0.292 e. The number of carbonyl (C=O) groups excluding carboxylic acids is 2. The molecule has 0 radical (unpaired) electrons. The molecular weight excluding hydrogens is 388 g/mol. The first-order chi connectivity index (χ1) is 15.0. The molecule has 6 heteroatoms. The van der Waals surface area contributed by atoms with E-state index in [1.54, 1.807) is 11.6 Å². The predicted molar refractivity (Wildman–Crippen MR) is 122 cm³/mol. The molecule has 0 fully saturated rings. The molecule has 0 spiro atoms. The zero-order valence-electron chi connectivity index (χ0n) is 18.6. The highest BCUT2D eigenvalue weighted by Gasteiger charge is 2.26. The summed E-state index contributed by atoms with van der Waals surface area (Å²) in [6, 6.07) is 19.6. The van der Waals surface area contributed by atoms with Gasteiger partial charge in [-0.3, -0.25) is 14.5 Å². The van der Waals surface area contributed by atoms with Gasteiger partial charge in [-0.2, -0.15) is 5.10 Å². The molecule has 1 atom stereocenters. The van der Waals surface area contributed by atoms with Gasteiger partial charge in [0.1, 0.15) is 0 Å². The Hall–Kier alpha value is -3.25. The molecule has 1 heterocycles. The van der Waals surface area contributed by atoms with E-state index < -0.39 is 11.7 Å². The number of amides is 1. The maximum absolute atomic E-state index is 13.0. The third-order valence-electron chi connectivity index (χ3n) is 5.62. The number of para-hydroxylation sites is 1. The van der Waals surface area contributed by atoms with Crippen LogP contribution in [0.25, 0.3) is 5.69 Å². The number of hydrogen-bond donors (Lipinski definition) is 1. The second-order valence-electron chi connectivity index (χ2n) is 7.48. The highest BCUT2D eigenvalue weighted by atomic mass is 16.2. The monoisotopic (exact) mass is 418 g/mol. The molecular formula is C25H30N4O2. The summed E-state index contributed by atoms with van der Waals surface area (Å²) in [6.45, 7) is 9.82. The largest absolute Gasteiger partial charge is 0.347 e. The third kappa shape index (κ3) is 4.91. The van der Waals surface area contributed by atoms with Crippen LogP contribution >= 0.6 is 0 Å². The second kappa shape index (κ2) is 10.2. The summed E-state index contributed by atoms with van der Waals surface area (Å²) in [5.74, 6) is -1.16. The summed E-state index contributed by atoms with van der Waals surface area (Å²) >= 11 is 0. The average molecular weight is 419 g/mol. The number of nitrogens with zero attached hydrogens (tertiary/aromatic N) is 3. The van der Waals surface area contributed by atoms with Gasteiger partial charge in [0, 0.05) is 6.54 Å². The van der Waals surface area contributed by atoms with E-state index in [9.17, 15) is 9.59 Å². The lowest BCUT2D eigenvalue weighted by atomic mass is 10.0. The SMILES string of the molecule is CCN(CC)C(CNC(=O)C(=O)c1c(C)nn(-c2ccccc2)c1C)c1ccccc1. The first-order valence-electron chi connectivity index (χ1n) is 10.7. The lowest BCUT2D eigenvalue weighted by Crippen LogP contribution is -2.40. The maximum Gasteiger partial charge on any atom is 0.292 e. The van der Waals surface area contributed by atoms with Crippen LogP contribution in [0, 0.1) is 13.8 Å². The van der Waals surface area contributed by atoms with Gasteiger partial charge in [0.15, 0.2) is 0 Å². The van der Waals surface area contributed by atoms with E-state index in [0.717, 1.165) is 24.3 Å². The van der Waals surface area contributed by atoms with Gasteiger partial charge in [-0.15, -0.1) is 0 Å². The van der Waals surface area contributed by atoms with Crippen LogP contribution in [-0.4, -0.2) is 46.0 Å². The Morgan fingerprint density at radius 2 is 1.55 bits per heavy atom. The first-order valence-corrected chi connectivity index (χ1v) is 10.7. The summed E-state index contributed by atoms with van der Waals surface area (Å²) in [5.41, 5.74) is 3.54. The van der Waals surface area contributed by atoms with Crippen molar-refractivity contribution in [3.8, 4) is 5.69 Å². The highest BCUT2D eigenvalue weighted by Crippen LogP contribution is 2.21. The van der Waals surface area contributed by atoms with Crippen molar-refractivity contribution in [3.63, 3.8) is 0 Å². The van der Waals surface area contributed by atoms with E-state index in [0.29, 0.717) is 23.5 Å². The van der Waals surface area contributed by atoms with Crippen molar-refractivity contribution in [3.05, 3.63) is 83.2 Å². The molecule has 0 saturated heterocycles. The van der Waals surface area contributed by atoms with Crippen molar-refractivity contribution < 1.29 is 9.59 Å². The molecule has 3 aromatic rings. The maximum atomic E-state index is 13.0. The van der Waals surface area contributed by atoms with Crippen LogP contribution in [0.15, 0.2) is 60.7 Å². The Morgan fingerprint density at radius 1 is 0.968 bits per heavy atom. The lowest BCUT2D eigenvalue weighted by molar-refractivity contribution is -0.117. The predicted octanol–water partition coefficient (Wildman–Crippen LogP) is 3.87. The number of aromatic nitrogens is 2. The van der Waals surface area contributed by atoms with Crippen molar-refractivity contribution in [1.82, 2.24) is 20.0 Å². The highest BCUT2D eigenvalue weighted by molar-refractivity contribution is 6.43. The van der Waals surface area contributed by atoms with Crippen LogP contribution in [0.2, 0.25) is 0 Å². The molecule has 1 unspecified atom stereocenters. The number of ketones is 1. The Kier molecular flexibility index (Phi) is 7.36. The molecule has 0 saturated carbocycles. The molecule has 0 aliphatic carbocycles. The average Bonchev–Trinajstić information content (AvgIpc) is 3.10. The molecule has 2 aromatic carbocycles. The number of likely N-dealkylation sites (N-methyl/N-ethyl adjacent to an activating group) is 1. The van der Waals surface area contributed by atoms with Crippen molar-refractivity contribution in [2.24, 2.45) is 0 Å². The molecule has 3 rings (SSSR count). The zero-order valence-corrected chi connectivity index (χ0v) is 18.6. The van der Waals surface area contributed by atoms with E-state index in [1.807, 2.05) is 55.5 Å². The number of benzene rings is 2. The zero-order chi connectivity index (χ0) is 22.4. The molecule has 31 heavy (non-hydrogen) atoms. The first kappa shape index (κ1) is 22.4. The minimum absolute atomic E-state index is 0.00202. The molecule has 1 N–H and O–H groups in total. The molecule has 6 nitrogen and oxygen atoms in total. The van der Waals surface area contributed by atoms with Gasteiger partial charge in [-0.1, -0.05) is 62.4 Å².